The Morgan fingerprint density at radius 2 is 1.78 bits per heavy atom. The number of carbonyl (C=O) groups excluding carboxylic acids is 3. The summed E-state index contributed by atoms with van der Waals surface area (Å²) in [4.78, 5) is 39.3. The Bertz CT molecular complexity index is 1020. The average molecular weight is 435 g/mol. The van der Waals surface area contributed by atoms with Crippen molar-refractivity contribution >= 4 is 23.3 Å². The van der Waals surface area contributed by atoms with Crippen LogP contribution in [0, 0.1) is 0 Å². The molecule has 2 fully saturated rings. The van der Waals surface area contributed by atoms with Gasteiger partial charge in [-0.15, -0.1) is 0 Å². The van der Waals surface area contributed by atoms with E-state index in [-0.39, 0.29) is 5.91 Å². The van der Waals surface area contributed by atoms with Gasteiger partial charge in [0.15, 0.2) is 0 Å². The Hall–Kier alpha value is -2.99. The van der Waals surface area contributed by atoms with Crippen LogP contribution < -0.4 is 5.32 Å². The van der Waals surface area contributed by atoms with E-state index in [9.17, 15) is 19.5 Å². The Kier molecular flexibility index (Phi) is 6.42. The first kappa shape index (κ1) is 22.2. The Labute approximate surface area is 188 Å². The molecule has 2 N–H and O–H groups in total. The van der Waals surface area contributed by atoms with Gasteiger partial charge < -0.3 is 15.3 Å². The molecule has 32 heavy (non-hydrogen) atoms. The van der Waals surface area contributed by atoms with Gasteiger partial charge in [-0.1, -0.05) is 37.3 Å². The lowest BCUT2D eigenvalue weighted by molar-refractivity contribution is -0.153. The lowest BCUT2D eigenvalue weighted by Crippen LogP contribution is -2.50. The standard InChI is InChI=1S/C26H30N2O4/c1-2-18-6-3-7-20(16-18)19-10-14-28(15-11-19)25(31)21-8-4-9-22(17-21)27-24(30)23(29)26(32)12-5-13-26/h3-4,6-9,16-17,19,32H,2,5,10-15H2,1H3,(H,27,30). The minimum Gasteiger partial charge on any atom is -0.381 e. The van der Waals surface area contributed by atoms with Gasteiger partial charge >= 0.3 is 0 Å². The number of hydrogen-bond donors (Lipinski definition) is 2. The maximum atomic E-state index is 13.0. The number of nitrogens with zero attached hydrogens (tertiary/aromatic N) is 1. The Balaban J connectivity index is 1.37. The quantitative estimate of drug-likeness (QED) is 0.679. The number of nitrogens with one attached hydrogen (secondary N) is 1. The molecule has 2 amide bonds. The van der Waals surface area contributed by atoms with E-state index in [1.807, 2.05) is 4.90 Å². The number of rotatable bonds is 6. The molecule has 0 unspecified atom stereocenters. The van der Waals surface area contributed by atoms with Gasteiger partial charge in [-0.3, -0.25) is 14.4 Å². The number of likely N-dealkylation sites (tertiary alicyclic amines) is 1. The van der Waals surface area contributed by atoms with E-state index in [4.69, 9.17) is 0 Å². The minimum absolute atomic E-state index is 0.0780. The van der Waals surface area contributed by atoms with Gasteiger partial charge in [-0.2, -0.15) is 0 Å². The van der Waals surface area contributed by atoms with Gasteiger partial charge in [0, 0.05) is 24.3 Å². The SMILES string of the molecule is CCc1cccc(C2CCN(C(=O)c3cccc(NC(=O)C(=O)C4(O)CCC4)c3)CC2)c1. The van der Waals surface area contributed by atoms with E-state index in [2.05, 4.69) is 36.5 Å². The van der Waals surface area contributed by atoms with Gasteiger partial charge in [-0.05, 0) is 73.8 Å². The van der Waals surface area contributed by atoms with Crippen LogP contribution in [0.5, 0.6) is 0 Å². The topological polar surface area (TPSA) is 86.7 Å². The molecule has 168 valence electrons. The number of hydrogen-bond acceptors (Lipinski definition) is 4. The second kappa shape index (κ2) is 9.25. The van der Waals surface area contributed by atoms with Gasteiger partial charge in [0.1, 0.15) is 5.60 Å². The summed E-state index contributed by atoms with van der Waals surface area (Å²) < 4.78 is 0. The van der Waals surface area contributed by atoms with Crippen LogP contribution in [0.25, 0.3) is 0 Å². The van der Waals surface area contributed by atoms with E-state index in [0.717, 1.165) is 25.7 Å². The zero-order chi connectivity index (χ0) is 22.7. The van der Waals surface area contributed by atoms with E-state index >= 15 is 0 Å². The number of aryl methyl sites for hydroxylation is 1. The fourth-order valence-corrected chi connectivity index (χ4v) is 4.53. The molecule has 2 aromatic carbocycles. The molecule has 1 aliphatic carbocycles. The number of benzene rings is 2. The maximum Gasteiger partial charge on any atom is 0.294 e. The third-order valence-corrected chi connectivity index (χ3v) is 6.79. The van der Waals surface area contributed by atoms with Crippen molar-refractivity contribution in [3.63, 3.8) is 0 Å². The van der Waals surface area contributed by atoms with Crippen molar-refractivity contribution in [3.05, 3.63) is 65.2 Å². The van der Waals surface area contributed by atoms with Gasteiger partial charge in [-0.25, -0.2) is 0 Å². The smallest absolute Gasteiger partial charge is 0.294 e. The molecule has 0 atom stereocenters. The Morgan fingerprint density at radius 1 is 1.06 bits per heavy atom. The van der Waals surface area contributed by atoms with Crippen molar-refractivity contribution in [1.29, 1.82) is 0 Å². The first-order valence-corrected chi connectivity index (χ1v) is 11.5. The molecule has 0 radical (unpaired) electrons. The highest BCUT2D eigenvalue weighted by Gasteiger charge is 2.45. The molecular weight excluding hydrogens is 404 g/mol. The largest absolute Gasteiger partial charge is 0.381 e. The lowest BCUT2D eigenvalue weighted by atomic mass is 9.77. The minimum atomic E-state index is -1.53. The van der Waals surface area contributed by atoms with Crippen molar-refractivity contribution in [2.45, 2.75) is 57.0 Å². The normalized spacial score (nSPS) is 18.0. The van der Waals surface area contributed by atoms with Gasteiger partial charge in [0.05, 0.1) is 0 Å². The van der Waals surface area contributed by atoms with Crippen LogP contribution in [0.2, 0.25) is 0 Å². The average Bonchev–Trinajstić information content (AvgIpc) is 2.81. The first-order chi connectivity index (χ1) is 15.4. The van der Waals surface area contributed by atoms with Crippen LogP contribution in [-0.2, 0) is 16.0 Å². The second-order valence-electron chi connectivity index (χ2n) is 8.91. The van der Waals surface area contributed by atoms with Crippen molar-refractivity contribution in [2.75, 3.05) is 18.4 Å². The van der Waals surface area contributed by atoms with Crippen molar-refractivity contribution in [1.82, 2.24) is 4.90 Å². The van der Waals surface area contributed by atoms with Gasteiger partial charge in [0.2, 0.25) is 0 Å². The molecule has 0 aromatic heterocycles. The zero-order valence-corrected chi connectivity index (χ0v) is 18.5. The predicted molar refractivity (Wildman–Crippen MR) is 123 cm³/mol. The van der Waals surface area contributed by atoms with Crippen molar-refractivity contribution in [3.8, 4) is 0 Å². The third kappa shape index (κ3) is 4.60. The highest BCUT2D eigenvalue weighted by Crippen LogP contribution is 2.33. The van der Waals surface area contributed by atoms with E-state index in [1.165, 1.54) is 11.1 Å². The zero-order valence-electron chi connectivity index (χ0n) is 18.5. The number of amides is 2. The number of anilines is 1. The van der Waals surface area contributed by atoms with E-state index in [1.54, 1.807) is 24.3 Å². The molecule has 0 bridgehead atoms. The Morgan fingerprint density at radius 3 is 2.44 bits per heavy atom. The number of aliphatic hydroxyl groups is 1. The summed E-state index contributed by atoms with van der Waals surface area (Å²) in [5, 5.41) is 12.6. The summed E-state index contributed by atoms with van der Waals surface area (Å²) in [6.07, 6.45) is 4.22. The molecule has 1 saturated heterocycles. The molecule has 1 aliphatic heterocycles. The molecular formula is C26H30N2O4. The summed E-state index contributed by atoms with van der Waals surface area (Å²) in [5.41, 5.74) is 2.01. The molecule has 1 heterocycles. The number of piperidine rings is 1. The van der Waals surface area contributed by atoms with Gasteiger partial charge in [0.25, 0.3) is 17.6 Å². The molecule has 0 spiro atoms. The van der Waals surface area contributed by atoms with E-state index in [0.29, 0.717) is 43.1 Å². The fraction of sp³-hybridized carbons (Fsp3) is 0.423. The molecule has 1 saturated carbocycles. The van der Waals surface area contributed by atoms with Crippen LogP contribution in [0.4, 0.5) is 5.69 Å². The molecule has 6 nitrogen and oxygen atoms in total. The first-order valence-electron chi connectivity index (χ1n) is 11.5. The van der Waals surface area contributed by atoms with Crippen LogP contribution in [0.3, 0.4) is 0 Å². The number of carbonyl (C=O) groups is 3. The van der Waals surface area contributed by atoms with Crippen LogP contribution in [0.15, 0.2) is 48.5 Å². The van der Waals surface area contributed by atoms with Crippen LogP contribution in [0.1, 0.15) is 66.4 Å². The van der Waals surface area contributed by atoms with Crippen molar-refractivity contribution < 1.29 is 19.5 Å². The lowest BCUT2D eigenvalue weighted by Gasteiger charge is -2.34. The summed E-state index contributed by atoms with van der Waals surface area (Å²) in [6.45, 7) is 3.52. The fourth-order valence-electron chi connectivity index (χ4n) is 4.53. The molecule has 2 aliphatic rings. The van der Waals surface area contributed by atoms with E-state index < -0.39 is 17.3 Å². The third-order valence-electron chi connectivity index (χ3n) is 6.79. The molecule has 4 rings (SSSR count). The van der Waals surface area contributed by atoms with Crippen LogP contribution >= 0.6 is 0 Å². The number of Topliss-reactive ketones (excluding diaryl/α,β-unsaturated/α-hetero) is 1. The highest BCUT2D eigenvalue weighted by atomic mass is 16.3. The summed E-state index contributed by atoms with van der Waals surface area (Å²) >= 11 is 0. The number of ketones is 1. The van der Waals surface area contributed by atoms with Crippen molar-refractivity contribution in [2.24, 2.45) is 0 Å². The predicted octanol–water partition coefficient (Wildman–Crippen LogP) is 3.69. The highest BCUT2D eigenvalue weighted by molar-refractivity contribution is 6.43. The maximum absolute atomic E-state index is 13.0. The molecule has 6 heteroatoms. The summed E-state index contributed by atoms with van der Waals surface area (Å²) in [7, 11) is 0. The van der Waals surface area contributed by atoms with Crippen LogP contribution in [-0.4, -0.2) is 46.3 Å². The molecule has 2 aromatic rings. The second-order valence-corrected chi connectivity index (χ2v) is 8.91. The summed E-state index contributed by atoms with van der Waals surface area (Å²) in [5.74, 6) is -1.27. The summed E-state index contributed by atoms with van der Waals surface area (Å²) in [6, 6.07) is 15.3. The monoisotopic (exact) mass is 434 g/mol.